The SMILES string of the molecule is N#Cc1ccc(NNBr)cc1. The fourth-order valence-corrected chi connectivity index (χ4v) is 0.912. The molecule has 1 aromatic rings. The van der Waals surface area contributed by atoms with Crippen LogP contribution in [0.25, 0.3) is 0 Å². The number of nitrogens with zero attached hydrogens (tertiary/aromatic N) is 1. The smallest absolute Gasteiger partial charge is 0.0991 e. The molecule has 0 heterocycles. The Labute approximate surface area is 73.3 Å². The molecule has 3 nitrogen and oxygen atoms in total. The summed E-state index contributed by atoms with van der Waals surface area (Å²) in [6.45, 7) is 0. The van der Waals surface area contributed by atoms with Crippen molar-refractivity contribution in [3.05, 3.63) is 29.8 Å². The van der Waals surface area contributed by atoms with Crippen LogP contribution in [-0.4, -0.2) is 0 Å². The number of anilines is 1. The van der Waals surface area contributed by atoms with E-state index >= 15 is 0 Å². The first-order valence-electron chi connectivity index (χ1n) is 2.98. The number of nitriles is 1. The van der Waals surface area contributed by atoms with Gasteiger partial charge >= 0.3 is 0 Å². The average molecular weight is 212 g/mol. The molecule has 0 amide bonds. The minimum absolute atomic E-state index is 0.658. The number of hydrogen-bond acceptors (Lipinski definition) is 3. The molecule has 0 atom stereocenters. The predicted molar refractivity (Wildman–Crippen MR) is 46.8 cm³/mol. The highest BCUT2D eigenvalue weighted by atomic mass is 79.9. The van der Waals surface area contributed by atoms with Crippen LogP contribution >= 0.6 is 16.1 Å². The Morgan fingerprint density at radius 3 is 2.36 bits per heavy atom. The molecule has 0 aromatic heterocycles. The van der Waals surface area contributed by atoms with Crippen molar-refractivity contribution in [2.45, 2.75) is 0 Å². The first-order valence-corrected chi connectivity index (χ1v) is 3.78. The third kappa shape index (κ3) is 2.22. The second kappa shape index (κ2) is 3.96. The van der Waals surface area contributed by atoms with E-state index in [1.54, 1.807) is 12.1 Å². The van der Waals surface area contributed by atoms with Gasteiger partial charge in [-0.25, -0.2) is 0 Å². The zero-order chi connectivity index (χ0) is 8.10. The van der Waals surface area contributed by atoms with Gasteiger partial charge in [0.1, 0.15) is 0 Å². The lowest BCUT2D eigenvalue weighted by atomic mass is 10.2. The van der Waals surface area contributed by atoms with Gasteiger partial charge < -0.3 is 5.43 Å². The Balaban J connectivity index is 2.76. The molecule has 2 N–H and O–H groups in total. The summed E-state index contributed by atoms with van der Waals surface area (Å²) in [5.41, 5.74) is 4.38. The molecule has 4 heteroatoms. The molecule has 1 rings (SSSR count). The monoisotopic (exact) mass is 211 g/mol. The first-order chi connectivity index (χ1) is 5.36. The van der Waals surface area contributed by atoms with Crippen LogP contribution in [0.15, 0.2) is 24.3 Å². The lowest BCUT2D eigenvalue weighted by molar-refractivity contribution is 1.25. The van der Waals surface area contributed by atoms with Gasteiger partial charge in [0.05, 0.1) is 11.6 Å². The van der Waals surface area contributed by atoms with Gasteiger partial charge in [0.25, 0.3) is 0 Å². The molecule has 0 fully saturated rings. The number of nitrogens with one attached hydrogen (secondary N) is 2. The third-order valence-corrected chi connectivity index (χ3v) is 1.40. The Morgan fingerprint density at radius 1 is 1.27 bits per heavy atom. The van der Waals surface area contributed by atoms with E-state index in [4.69, 9.17) is 5.26 Å². The summed E-state index contributed by atoms with van der Waals surface area (Å²) in [7, 11) is 0. The summed E-state index contributed by atoms with van der Waals surface area (Å²) in [5.74, 6) is 0. The average Bonchev–Trinajstić information content (AvgIpc) is 2.07. The van der Waals surface area contributed by atoms with E-state index in [-0.39, 0.29) is 0 Å². The summed E-state index contributed by atoms with van der Waals surface area (Å²) >= 11 is 3.00. The van der Waals surface area contributed by atoms with E-state index in [9.17, 15) is 0 Å². The fourth-order valence-electron chi connectivity index (χ4n) is 0.683. The van der Waals surface area contributed by atoms with E-state index < -0.39 is 0 Å². The van der Waals surface area contributed by atoms with Gasteiger partial charge in [-0.2, -0.15) is 9.71 Å². The van der Waals surface area contributed by atoms with Crippen LogP contribution in [0.4, 0.5) is 5.69 Å². The summed E-state index contributed by atoms with van der Waals surface area (Å²) in [6.07, 6.45) is 0. The minimum Gasteiger partial charge on any atom is -0.312 e. The fraction of sp³-hybridized carbons (Fsp3) is 0. The van der Waals surface area contributed by atoms with Crippen LogP contribution in [0.2, 0.25) is 0 Å². The van der Waals surface area contributed by atoms with E-state index in [1.165, 1.54) is 0 Å². The predicted octanol–water partition coefficient (Wildman–Crippen LogP) is 1.78. The molecule has 0 radical (unpaired) electrons. The van der Waals surface area contributed by atoms with Crippen molar-refractivity contribution >= 4 is 21.8 Å². The number of halogens is 1. The quantitative estimate of drug-likeness (QED) is 0.580. The van der Waals surface area contributed by atoms with Gasteiger partial charge in [0.15, 0.2) is 0 Å². The maximum absolute atomic E-state index is 8.46. The molecule has 11 heavy (non-hydrogen) atoms. The van der Waals surface area contributed by atoms with E-state index in [1.807, 2.05) is 18.2 Å². The van der Waals surface area contributed by atoms with Gasteiger partial charge in [-0.05, 0) is 24.3 Å². The Hall–Kier alpha value is -1.05. The zero-order valence-corrected chi connectivity index (χ0v) is 7.22. The largest absolute Gasteiger partial charge is 0.312 e. The van der Waals surface area contributed by atoms with Crippen molar-refractivity contribution in [2.75, 3.05) is 5.43 Å². The number of hydrogen-bond donors (Lipinski definition) is 2. The lowest BCUT2D eigenvalue weighted by Gasteiger charge is -2.00. The topological polar surface area (TPSA) is 47.9 Å². The second-order valence-electron chi connectivity index (χ2n) is 1.91. The van der Waals surface area contributed by atoms with Gasteiger partial charge in [0.2, 0.25) is 0 Å². The number of hydrazine groups is 1. The third-order valence-electron chi connectivity index (χ3n) is 1.21. The Kier molecular flexibility index (Phi) is 2.90. The Morgan fingerprint density at radius 2 is 1.91 bits per heavy atom. The highest BCUT2D eigenvalue weighted by molar-refractivity contribution is 9.08. The van der Waals surface area contributed by atoms with Crippen LogP contribution in [0, 0.1) is 11.3 Å². The number of rotatable bonds is 2. The van der Waals surface area contributed by atoms with E-state index in [2.05, 4.69) is 26.0 Å². The molecule has 56 valence electrons. The molecule has 0 spiro atoms. The minimum atomic E-state index is 0.658. The van der Waals surface area contributed by atoms with Gasteiger partial charge in [-0.3, -0.25) is 0 Å². The molecule has 1 aromatic carbocycles. The standard InChI is InChI=1S/C7H6BrN3/c8-11-10-7-3-1-6(5-9)2-4-7/h1-4,10-11H. The van der Waals surface area contributed by atoms with Crippen LogP contribution in [-0.2, 0) is 0 Å². The van der Waals surface area contributed by atoms with Crippen molar-refractivity contribution in [1.82, 2.24) is 4.45 Å². The summed E-state index contributed by atoms with van der Waals surface area (Å²) in [5, 5.41) is 8.46. The van der Waals surface area contributed by atoms with Crippen molar-refractivity contribution in [3.8, 4) is 6.07 Å². The maximum Gasteiger partial charge on any atom is 0.0991 e. The molecule has 0 aliphatic rings. The summed E-state index contributed by atoms with van der Waals surface area (Å²) < 4.78 is 2.60. The maximum atomic E-state index is 8.46. The first kappa shape index (κ1) is 8.05. The van der Waals surface area contributed by atoms with Gasteiger partial charge in [0, 0.05) is 21.8 Å². The van der Waals surface area contributed by atoms with Crippen LogP contribution in [0.5, 0.6) is 0 Å². The van der Waals surface area contributed by atoms with Crippen molar-refractivity contribution in [1.29, 1.82) is 5.26 Å². The molecule has 0 unspecified atom stereocenters. The van der Waals surface area contributed by atoms with Gasteiger partial charge in [-0.15, -0.1) is 0 Å². The molecular weight excluding hydrogens is 206 g/mol. The Bertz CT molecular complexity index is 262. The molecule has 0 bridgehead atoms. The van der Waals surface area contributed by atoms with E-state index in [0.717, 1.165) is 5.69 Å². The van der Waals surface area contributed by atoms with Gasteiger partial charge in [-0.1, -0.05) is 0 Å². The van der Waals surface area contributed by atoms with Crippen molar-refractivity contribution < 1.29 is 0 Å². The van der Waals surface area contributed by atoms with Crippen molar-refractivity contribution in [3.63, 3.8) is 0 Å². The normalized spacial score (nSPS) is 8.73. The summed E-state index contributed by atoms with van der Waals surface area (Å²) in [6, 6.07) is 9.15. The zero-order valence-electron chi connectivity index (χ0n) is 5.63. The lowest BCUT2D eigenvalue weighted by Crippen LogP contribution is -2.07. The number of benzene rings is 1. The molecule has 0 saturated carbocycles. The van der Waals surface area contributed by atoms with Crippen LogP contribution in [0.1, 0.15) is 5.56 Å². The molecule has 0 saturated heterocycles. The highest BCUT2D eigenvalue weighted by Gasteiger charge is 1.89. The van der Waals surface area contributed by atoms with Crippen LogP contribution in [0.3, 0.4) is 0 Å². The second-order valence-corrected chi connectivity index (χ2v) is 2.31. The molecular formula is C7H6BrN3. The van der Waals surface area contributed by atoms with Crippen molar-refractivity contribution in [2.24, 2.45) is 0 Å². The molecule has 0 aliphatic carbocycles. The molecule has 0 aliphatic heterocycles. The van der Waals surface area contributed by atoms with E-state index in [0.29, 0.717) is 5.56 Å². The highest BCUT2D eigenvalue weighted by Crippen LogP contribution is 2.07. The van der Waals surface area contributed by atoms with Crippen LogP contribution < -0.4 is 9.88 Å². The summed E-state index contributed by atoms with van der Waals surface area (Å²) in [4.78, 5) is 0.